The maximum atomic E-state index is 13.2. The van der Waals surface area contributed by atoms with Crippen LogP contribution in [0.4, 0.5) is 4.39 Å². The second kappa shape index (κ2) is 6.22. The van der Waals surface area contributed by atoms with E-state index in [2.05, 4.69) is 4.99 Å². The molecule has 0 atom stereocenters. The molecule has 1 aliphatic heterocycles. The Morgan fingerprint density at radius 3 is 2.83 bits per heavy atom. The molecule has 0 saturated heterocycles. The number of carbonyl (C=O) groups excluding carboxylic acids is 1. The number of halogens is 2. The van der Waals surface area contributed by atoms with Crippen molar-refractivity contribution in [1.29, 1.82) is 0 Å². The molecule has 0 fully saturated rings. The smallest absolute Gasteiger partial charge is 0.363 e. The van der Waals surface area contributed by atoms with Gasteiger partial charge in [0.15, 0.2) is 5.70 Å². The molecule has 0 aliphatic carbocycles. The summed E-state index contributed by atoms with van der Waals surface area (Å²) in [7, 11) is 1.49. The Hall–Kier alpha value is -2.66. The molecule has 0 radical (unpaired) electrons. The van der Waals surface area contributed by atoms with Crippen molar-refractivity contribution in [1.82, 2.24) is 0 Å². The first-order valence-corrected chi connectivity index (χ1v) is 7.06. The first-order valence-electron chi connectivity index (χ1n) is 6.69. The van der Waals surface area contributed by atoms with Gasteiger partial charge in [0.25, 0.3) is 0 Å². The molecule has 6 heteroatoms. The molecule has 0 bridgehead atoms. The number of aliphatic imine (C=N–C) groups is 1. The third-order valence-corrected chi connectivity index (χ3v) is 3.40. The molecule has 4 nitrogen and oxygen atoms in total. The second-order valence-electron chi connectivity index (χ2n) is 4.74. The minimum absolute atomic E-state index is 0.0765. The van der Waals surface area contributed by atoms with Gasteiger partial charge in [0.05, 0.1) is 12.7 Å². The van der Waals surface area contributed by atoms with E-state index in [4.69, 9.17) is 21.1 Å². The van der Waals surface area contributed by atoms with E-state index in [0.717, 1.165) is 0 Å². The van der Waals surface area contributed by atoms with Crippen molar-refractivity contribution in [2.75, 3.05) is 7.11 Å². The van der Waals surface area contributed by atoms with Crippen molar-refractivity contribution >= 4 is 29.5 Å². The quantitative estimate of drug-likeness (QED) is 0.634. The van der Waals surface area contributed by atoms with Crippen molar-refractivity contribution in [2.45, 2.75) is 0 Å². The topological polar surface area (TPSA) is 47.9 Å². The van der Waals surface area contributed by atoms with Gasteiger partial charge >= 0.3 is 5.97 Å². The summed E-state index contributed by atoms with van der Waals surface area (Å²) >= 11 is 5.96. The number of ether oxygens (including phenoxy) is 2. The minimum Gasteiger partial charge on any atom is -0.496 e. The third-order valence-electron chi connectivity index (χ3n) is 3.16. The Labute approximate surface area is 136 Å². The predicted octanol–water partition coefficient (Wildman–Crippen LogP) is 3.83. The average molecular weight is 332 g/mol. The van der Waals surface area contributed by atoms with Crippen molar-refractivity contribution in [3.63, 3.8) is 0 Å². The van der Waals surface area contributed by atoms with E-state index >= 15 is 0 Å². The van der Waals surface area contributed by atoms with Crippen molar-refractivity contribution in [3.05, 3.63) is 70.1 Å². The van der Waals surface area contributed by atoms with E-state index in [1.165, 1.54) is 25.3 Å². The van der Waals surface area contributed by atoms with Gasteiger partial charge in [0.2, 0.25) is 5.90 Å². The van der Waals surface area contributed by atoms with Crippen molar-refractivity contribution < 1.29 is 18.7 Å². The highest BCUT2D eigenvalue weighted by Crippen LogP contribution is 2.27. The number of rotatable bonds is 3. The Morgan fingerprint density at radius 2 is 2.09 bits per heavy atom. The lowest BCUT2D eigenvalue weighted by atomic mass is 10.2. The van der Waals surface area contributed by atoms with Gasteiger partial charge in [-0.1, -0.05) is 23.7 Å². The maximum Gasteiger partial charge on any atom is 0.363 e. The van der Waals surface area contributed by atoms with Gasteiger partial charge in [0.1, 0.15) is 11.6 Å². The largest absolute Gasteiger partial charge is 0.496 e. The number of carbonyl (C=O) groups is 1. The molecule has 3 rings (SSSR count). The van der Waals surface area contributed by atoms with Gasteiger partial charge in [-0.2, -0.15) is 0 Å². The summed E-state index contributed by atoms with van der Waals surface area (Å²) in [6.07, 6.45) is 1.45. The van der Waals surface area contributed by atoms with Crippen LogP contribution in [0.5, 0.6) is 5.75 Å². The maximum absolute atomic E-state index is 13.2. The number of hydrogen-bond acceptors (Lipinski definition) is 4. The highest BCUT2D eigenvalue weighted by molar-refractivity contribution is 6.31. The Balaban J connectivity index is 2.00. The molecule has 2 aromatic rings. The van der Waals surface area contributed by atoms with Gasteiger partial charge in [-0.05, 0) is 42.0 Å². The van der Waals surface area contributed by atoms with Gasteiger partial charge in [-0.3, -0.25) is 0 Å². The lowest BCUT2D eigenvalue weighted by molar-refractivity contribution is -0.129. The summed E-state index contributed by atoms with van der Waals surface area (Å²) in [6, 6.07) is 10.7. The Morgan fingerprint density at radius 1 is 1.26 bits per heavy atom. The molecule has 0 amide bonds. The molecule has 0 spiro atoms. The molecule has 1 aliphatic rings. The zero-order valence-corrected chi connectivity index (χ0v) is 12.8. The normalized spacial score (nSPS) is 15.5. The first kappa shape index (κ1) is 15.2. The van der Waals surface area contributed by atoms with Crippen molar-refractivity contribution in [2.24, 2.45) is 4.99 Å². The molecule has 23 heavy (non-hydrogen) atoms. The molecule has 2 aromatic carbocycles. The number of methoxy groups -OCH3 is 1. The molecule has 0 saturated carbocycles. The number of esters is 1. The summed E-state index contributed by atoms with van der Waals surface area (Å²) in [5, 5.41) is 0.460. The molecule has 1 heterocycles. The fraction of sp³-hybridized carbons (Fsp3) is 0.0588. The second-order valence-corrected chi connectivity index (χ2v) is 5.17. The van der Waals surface area contributed by atoms with Crippen LogP contribution in [0.25, 0.3) is 6.08 Å². The van der Waals surface area contributed by atoms with Crippen LogP contribution >= 0.6 is 11.6 Å². The standard InChI is InChI=1S/C17H11ClFNO3/c1-22-15-6-5-11(18)9-13(15)16-20-14(17(21)23-16)8-10-3-2-4-12(19)7-10/h2-9H,1H3/b14-8+. The molecular weight excluding hydrogens is 321 g/mol. The summed E-state index contributed by atoms with van der Waals surface area (Å²) in [6.45, 7) is 0. The molecule has 116 valence electrons. The zero-order chi connectivity index (χ0) is 16.4. The molecule has 0 aromatic heterocycles. The molecular formula is C17H11ClFNO3. The van der Waals surface area contributed by atoms with Gasteiger partial charge in [-0.25, -0.2) is 14.2 Å². The Bertz CT molecular complexity index is 845. The van der Waals surface area contributed by atoms with Crippen LogP contribution in [-0.4, -0.2) is 19.0 Å². The highest BCUT2D eigenvalue weighted by Gasteiger charge is 2.26. The fourth-order valence-electron chi connectivity index (χ4n) is 2.13. The first-order chi connectivity index (χ1) is 11.1. The molecule has 0 N–H and O–H groups in total. The molecule has 0 unspecified atom stereocenters. The number of cyclic esters (lactones) is 1. The van der Waals surface area contributed by atoms with E-state index in [9.17, 15) is 9.18 Å². The lowest BCUT2D eigenvalue weighted by Crippen LogP contribution is -2.07. The SMILES string of the molecule is COc1ccc(Cl)cc1C1=N/C(=C/c2cccc(F)c2)C(=O)O1. The van der Waals surface area contributed by atoms with Gasteiger partial charge in [-0.15, -0.1) is 0 Å². The van der Waals surface area contributed by atoms with Crippen molar-refractivity contribution in [3.8, 4) is 5.75 Å². The van der Waals surface area contributed by atoms with E-state index in [1.807, 2.05) is 0 Å². The predicted molar refractivity (Wildman–Crippen MR) is 85.0 cm³/mol. The zero-order valence-electron chi connectivity index (χ0n) is 12.0. The minimum atomic E-state index is -0.619. The van der Waals surface area contributed by atoms with Crippen LogP contribution in [0.1, 0.15) is 11.1 Å². The Kier molecular flexibility index (Phi) is 4.12. The van der Waals surface area contributed by atoms with E-state index < -0.39 is 11.8 Å². The van der Waals surface area contributed by atoms with Crippen LogP contribution in [0.2, 0.25) is 5.02 Å². The van der Waals surface area contributed by atoms with Gasteiger partial charge < -0.3 is 9.47 Å². The lowest BCUT2D eigenvalue weighted by Gasteiger charge is -2.07. The monoisotopic (exact) mass is 331 g/mol. The van der Waals surface area contributed by atoms with E-state index in [0.29, 0.717) is 21.9 Å². The van der Waals surface area contributed by atoms with Gasteiger partial charge in [0, 0.05) is 5.02 Å². The number of hydrogen-bond donors (Lipinski definition) is 0. The number of nitrogens with zero attached hydrogens (tertiary/aromatic N) is 1. The summed E-state index contributed by atoms with van der Waals surface area (Å²) in [4.78, 5) is 16.1. The van der Waals surface area contributed by atoms with Crippen LogP contribution in [0.15, 0.2) is 53.2 Å². The number of benzene rings is 2. The van der Waals surface area contributed by atoms with E-state index in [-0.39, 0.29) is 11.6 Å². The summed E-state index contributed by atoms with van der Waals surface area (Å²) in [5.41, 5.74) is 1.06. The third kappa shape index (κ3) is 3.24. The highest BCUT2D eigenvalue weighted by atomic mass is 35.5. The van der Waals surface area contributed by atoms with Crippen LogP contribution in [0.3, 0.4) is 0 Å². The van der Waals surface area contributed by atoms with Crippen LogP contribution in [0, 0.1) is 5.82 Å². The fourth-order valence-corrected chi connectivity index (χ4v) is 2.30. The summed E-state index contributed by atoms with van der Waals surface area (Å²) < 4.78 is 23.6. The summed E-state index contributed by atoms with van der Waals surface area (Å²) in [5.74, 6) is -0.442. The van der Waals surface area contributed by atoms with Crippen LogP contribution < -0.4 is 4.74 Å². The van der Waals surface area contributed by atoms with E-state index in [1.54, 1.807) is 30.3 Å². The van der Waals surface area contributed by atoms with Crippen LogP contribution in [-0.2, 0) is 9.53 Å². The average Bonchev–Trinajstić information content (AvgIpc) is 2.88.